The molecule has 0 aromatic rings. The van der Waals surface area contributed by atoms with Crippen LogP contribution >= 0.6 is 14.9 Å². The molecule has 0 unspecified atom stereocenters. The standard InChI is InChI=1S/C27H60N5P2/c1-19(2)29(20(3)4)33(30(21(5)6)22(7)8)18-34(28-27(33)17,31(23(9)10)24(11)12)32(25(13)14)26(15)16/h18-26H,1-17H3/q+1. The van der Waals surface area contributed by atoms with Crippen molar-refractivity contribution in [3.05, 3.63) is 0 Å². The molecule has 0 atom stereocenters. The van der Waals surface area contributed by atoms with Crippen molar-refractivity contribution in [2.45, 2.75) is 166 Å². The van der Waals surface area contributed by atoms with Crippen LogP contribution < -0.4 is 0 Å². The molecule has 0 bridgehead atoms. The van der Waals surface area contributed by atoms with E-state index in [-0.39, 0.29) is 0 Å². The Kier molecular flexibility index (Phi) is 11.6. The van der Waals surface area contributed by atoms with Crippen molar-refractivity contribution in [1.29, 1.82) is 0 Å². The Morgan fingerprint density at radius 2 is 0.794 bits per heavy atom. The molecule has 0 N–H and O–H groups in total. The zero-order chi connectivity index (χ0) is 26.9. The topological polar surface area (TPSA) is 25.3 Å². The fourth-order valence-electron chi connectivity index (χ4n) is 6.67. The fraction of sp³-hybridized carbons (Fsp3) is 0.926. The minimum absolute atomic E-state index is 0.416. The van der Waals surface area contributed by atoms with E-state index >= 15 is 0 Å². The summed E-state index contributed by atoms with van der Waals surface area (Å²) in [7, 11) is -4.15. The van der Waals surface area contributed by atoms with Crippen molar-refractivity contribution in [3.8, 4) is 0 Å². The summed E-state index contributed by atoms with van der Waals surface area (Å²) < 4.78 is 17.1. The first-order valence-corrected chi connectivity index (χ1v) is 17.2. The average molecular weight is 517 g/mol. The van der Waals surface area contributed by atoms with Crippen molar-refractivity contribution < 1.29 is 0 Å². The highest BCUT2D eigenvalue weighted by atomic mass is 31.2. The van der Waals surface area contributed by atoms with Crippen molar-refractivity contribution in [3.63, 3.8) is 0 Å². The van der Waals surface area contributed by atoms with Crippen molar-refractivity contribution in [1.82, 2.24) is 18.7 Å². The quantitative estimate of drug-likeness (QED) is 0.244. The molecular formula is C27H60N5P2+. The summed E-state index contributed by atoms with van der Waals surface area (Å²) in [5.41, 5.74) is 4.22. The van der Waals surface area contributed by atoms with Gasteiger partial charge in [0.05, 0.1) is 0 Å². The molecule has 0 saturated heterocycles. The van der Waals surface area contributed by atoms with E-state index in [1.54, 1.807) is 0 Å². The molecule has 0 fully saturated rings. The van der Waals surface area contributed by atoms with Crippen molar-refractivity contribution in [2.24, 2.45) is 4.76 Å². The lowest BCUT2D eigenvalue weighted by atomic mass is 10.3. The summed E-state index contributed by atoms with van der Waals surface area (Å²) >= 11 is 0. The maximum absolute atomic E-state index is 5.92. The maximum atomic E-state index is 5.92. The minimum atomic E-state index is -2.14. The summed E-state index contributed by atoms with van der Waals surface area (Å²) in [4.78, 5) is 0. The van der Waals surface area contributed by atoms with Gasteiger partial charge in [0.2, 0.25) is 0 Å². The Bertz CT molecular complexity index is 661. The number of hydrogen-bond donors (Lipinski definition) is 0. The Labute approximate surface area is 215 Å². The summed E-state index contributed by atoms with van der Waals surface area (Å²) in [5.74, 6) is 0. The third-order valence-corrected chi connectivity index (χ3v) is 17.5. The molecule has 1 aliphatic rings. The molecule has 1 aliphatic heterocycles. The molecule has 34 heavy (non-hydrogen) atoms. The first-order valence-electron chi connectivity index (χ1n) is 13.8. The van der Waals surface area contributed by atoms with Gasteiger partial charge in [0.1, 0.15) is 18.2 Å². The van der Waals surface area contributed by atoms with Crippen LogP contribution in [-0.2, 0) is 0 Å². The zero-order valence-corrected chi connectivity index (χ0v) is 27.6. The number of rotatable bonds is 12. The predicted molar refractivity (Wildman–Crippen MR) is 161 cm³/mol. The van der Waals surface area contributed by atoms with Gasteiger partial charge in [-0.1, -0.05) is 4.76 Å². The average Bonchev–Trinajstić information content (AvgIpc) is 2.84. The van der Waals surface area contributed by atoms with E-state index in [0.29, 0.717) is 48.3 Å². The van der Waals surface area contributed by atoms with E-state index in [4.69, 9.17) is 4.76 Å². The second-order valence-electron chi connectivity index (χ2n) is 12.3. The van der Waals surface area contributed by atoms with Crippen LogP contribution in [0.25, 0.3) is 0 Å². The third kappa shape index (κ3) is 5.87. The van der Waals surface area contributed by atoms with Crippen LogP contribution in [0, 0.1) is 0 Å². The molecule has 1 rings (SSSR count). The maximum Gasteiger partial charge on any atom is 0.306 e. The summed E-state index contributed by atoms with van der Waals surface area (Å²) in [6.07, 6.45) is 0. The van der Waals surface area contributed by atoms with Crippen LogP contribution in [0.15, 0.2) is 4.76 Å². The molecule has 0 aromatic carbocycles. The highest BCUT2D eigenvalue weighted by molar-refractivity contribution is 8.06. The van der Waals surface area contributed by atoms with Crippen molar-refractivity contribution >= 4 is 25.9 Å². The van der Waals surface area contributed by atoms with Crippen LogP contribution in [-0.4, -0.2) is 78.0 Å². The van der Waals surface area contributed by atoms with Gasteiger partial charge in [0.25, 0.3) is 0 Å². The van der Waals surface area contributed by atoms with Gasteiger partial charge in [-0.15, -0.1) is 9.34 Å². The van der Waals surface area contributed by atoms with Gasteiger partial charge >= 0.3 is 7.71 Å². The van der Waals surface area contributed by atoms with Gasteiger partial charge in [0.15, 0.2) is 0 Å². The van der Waals surface area contributed by atoms with E-state index in [2.05, 4.69) is 142 Å². The van der Waals surface area contributed by atoms with Crippen LogP contribution in [0.2, 0.25) is 0 Å². The molecule has 1 heterocycles. The molecule has 7 heteroatoms. The summed E-state index contributed by atoms with van der Waals surface area (Å²) in [6, 6.07) is 3.42. The third-order valence-electron chi connectivity index (χ3n) is 6.70. The lowest BCUT2D eigenvalue weighted by molar-refractivity contribution is 0.251. The predicted octanol–water partition coefficient (Wildman–Crippen LogP) is 8.26. The zero-order valence-electron chi connectivity index (χ0n) is 25.8. The Morgan fingerprint density at radius 1 is 0.529 bits per heavy atom. The molecule has 0 aliphatic carbocycles. The first-order chi connectivity index (χ1) is 15.4. The highest BCUT2D eigenvalue weighted by Gasteiger charge is 2.63. The molecule has 0 amide bonds. The SMILES string of the molecule is CC1=N[P+](N(C(C)C)C(C)C)(N(C(C)C)C(C)C)C=P1(N(C(C)C)C(C)C)N(C(C)C)C(C)C. The molecule has 5 nitrogen and oxygen atoms in total. The normalized spacial score (nSPS) is 18.7. The van der Waals surface area contributed by atoms with E-state index in [0.717, 1.165) is 0 Å². The van der Waals surface area contributed by atoms with E-state index < -0.39 is 14.9 Å². The summed E-state index contributed by atoms with van der Waals surface area (Å²) in [5, 5.41) is 0. The molecule has 0 saturated carbocycles. The first kappa shape index (κ1) is 32.3. The largest absolute Gasteiger partial charge is 0.306 e. The Balaban J connectivity index is 4.38. The van der Waals surface area contributed by atoms with Gasteiger partial charge in [-0.2, -0.15) is 0 Å². The minimum Gasteiger partial charge on any atom is -0.260 e. The number of nitrogens with zero attached hydrogens (tertiary/aromatic N) is 5. The molecule has 0 spiro atoms. The molecule has 202 valence electrons. The summed E-state index contributed by atoms with van der Waals surface area (Å²) in [6.45, 7) is 40.3. The monoisotopic (exact) mass is 516 g/mol. The van der Waals surface area contributed by atoms with Crippen LogP contribution in [0.1, 0.15) is 118 Å². The van der Waals surface area contributed by atoms with Crippen molar-refractivity contribution in [2.75, 3.05) is 0 Å². The number of hydrogen-bond acceptors (Lipinski definition) is 5. The lowest BCUT2D eigenvalue weighted by Crippen LogP contribution is -2.49. The second kappa shape index (κ2) is 12.2. The van der Waals surface area contributed by atoms with E-state index in [9.17, 15) is 0 Å². The van der Waals surface area contributed by atoms with Crippen LogP contribution in [0.3, 0.4) is 0 Å². The van der Waals surface area contributed by atoms with Gasteiger partial charge in [-0.25, -0.2) is 0 Å². The lowest BCUT2D eigenvalue weighted by Gasteiger charge is -2.50. The van der Waals surface area contributed by atoms with Gasteiger partial charge in [-0.3, -0.25) is 9.34 Å². The van der Waals surface area contributed by atoms with E-state index in [1.165, 1.54) is 5.45 Å². The second-order valence-corrected chi connectivity index (χ2v) is 18.4. The van der Waals surface area contributed by atoms with Crippen LogP contribution in [0.4, 0.5) is 0 Å². The van der Waals surface area contributed by atoms with Gasteiger partial charge in [0, 0.05) is 48.3 Å². The van der Waals surface area contributed by atoms with Crippen LogP contribution in [0.5, 0.6) is 0 Å². The smallest absolute Gasteiger partial charge is 0.260 e. The van der Waals surface area contributed by atoms with Gasteiger partial charge in [-0.05, 0) is 118 Å². The Hall–Kier alpha value is 0.240. The van der Waals surface area contributed by atoms with Gasteiger partial charge < -0.3 is 0 Å². The molecule has 0 aromatic heterocycles. The fourth-order valence-corrected chi connectivity index (χ4v) is 19.4. The molecular weight excluding hydrogens is 456 g/mol. The van der Waals surface area contributed by atoms with E-state index in [1.807, 2.05) is 0 Å². The Morgan fingerprint density at radius 3 is 1.00 bits per heavy atom. The molecule has 0 radical (unpaired) electrons. The highest BCUT2D eigenvalue weighted by Crippen LogP contribution is 2.79.